The van der Waals surface area contributed by atoms with Crippen molar-refractivity contribution in [2.45, 2.75) is 17.7 Å². The average Bonchev–Trinajstić information content (AvgIpc) is 2.97. The second kappa shape index (κ2) is 5.86. The van der Waals surface area contributed by atoms with E-state index in [-0.39, 0.29) is 23.7 Å². The van der Waals surface area contributed by atoms with Gasteiger partial charge in [-0.2, -0.15) is 4.31 Å². The Hall–Kier alpha value is -1.87. The molecule has 0 bridgehead atoms. The predicted octanol–water partition coefficient (Wildman–Crippen LogP) is 0.287. The van der Waals surface area contributed by atoms with Gasteiger partial charge in [-0.1, -0.05) is 0 Å². The summed E-state index contributed by atoms with van der Waals surface area (Å²) in [5, 5.41) is 9.01. The molecule has 1 aliphatic rings. The number of hydrogen-bond acceptors (Lipinski definition) is 5. The van der Waals surface area contributed by atoms with Crippen LogP contribution < -0.4 is 0 Å². The van der Waals surface area contributed by atoms with Gasteiger partial charge in [0.1, 0.15) is 10.6 Å². The van der Waals surface area contributed by atoms with Crippen molar-refractivity contribution in [1.29, 1.82) is 0 Å². The van der Waals surface area contributed by atoms with Crippen LogP contribution in [0.5, 0.6) is 0 Å². The molecule has 1 aliphatic heterocycles. The molecule has 0 amide bonds. The molecule has 1 aromatic rings. The normalized spacial score (nSPS) is 20.1. The third kappa shape index (κ3) is 3.08. The monoisotopic (exact) mass is 316 g/mol. The molecule has 1 atom stereocenters. The summed E-state index contributed by atoms with van der Waals surface area (Å²) in [5.41, 5.74) is 0.0304. The second-order valence-corrected chi connectivity index (χ2v) is 6.72. The van der Waals surface area contributed by atoms with E-state index in [2.05, 4.69) is 9.72 Å². The van der Waals surface area contributed by atoms with Gasteiger partial charge >= 0.3 is 11.9 Å². The average molecular weight is 316 g/mol. The van der Waals surface area contributed by atoms with Crippen LogP contribution in [0, 0.1) is 5.92 Å². The van der Waals surface area contributed by atoms with Crippen molar-refractivity contribution in [3.63, 3.8) is 0 Å². The molecule has 8 nitrogen and oxygen atoms in total. The molecule has 1 unspecified atom stereocenters. The molecule has 2 N–H and O–H groups in total. The van der Waals surface area contributed by atoms with Crippen LogP contribution in [0.1, 0.15) is 23.3 Å². The highest BCUT2D eigenvalue weighted by molar-refractivity contribution is 7.89. The van der Waals surface area contributed by atoms with E-state index in [1.807, 2.05) is 0 Å². The summed E-state index contributed by atoms with van der Waals surface area (Å²) in [7, 11) is -2.62. The maximum Gasteiger partial charge on any atom is 0.354 e. The van der Waals surface area contributed by atoms with Gasteiger partial charge in [-0.3, -0.25) is 4.79 Å². The number of nitrogens with zero attached hydrogens (tertiary/aromatic N) is 1. The Labute approximate surface area is 121 Å². The minimum Gasteiger partial charge on any atom is -0.481 e. The first-order chi connectivity index (χ1) is 9.86. The number of ether oxygens (including phenoxy) is 1. The predicted molar refractivity (Wildman–Crippen MR) is 71.3 cm³/mol. The number of hydrogen-bond donors (Lipinski definition) is 2. The number of carboxylic acid groups (broad SMARTS) is 1. The van der Waals surface area contributed by atoms with Crippen LogP contribution in [-0.2, 0) is 19.6 Å². The van der Waals surface area contributed by atoms with Gasteiger partial charge in [0, 0.05) is 19.3 Å². The van der Waals surface area contributed by atoms with Crippen molar-refractivity contribution >= 4 is 22.0 Å². The minimum absolute atomic E-state index is 0.0304. The van der Waals surface area contributed by atoms with E-state index in [1.54, 1.807) is 0 Å². The molecule has 116 valence electrons. The van der Waals surface area contributed by atoms with E-state index in [0.717, 1.165) is 4.31 Å². The van der Waals surface area contributed by atoms with E-state index < -0.39 is 27.9 Å². The van der Waals surface area contributed by atoms with Gasteiger partial charge in [0.05, 0.1) is 13.0 Å². The molecule has 0 aromatic carbocycles. The first-order valence-electron chi connectivity index (χ1n) is 6.36. The first-order valence-corrected chi connectivity index (χ1v) is 7.80. The fraction of sp³-hybridized carbons (Fsp3) is 0.500. The third-order valence-corrected chi connectivity index (χ3v) is 5.28. The first kappa shape index (κ1) is 15.5. The molecule has 1 saturated heterocycles. The van der Waals surface area contributed by atoms with Gasteiger partial charge in [0.2, 0.25) is 10.0 Å². The Kier molecular flexibility index (Phi) is 4.33. The van der Waals surface area contributed by atoms with Crippen LogP contribution in [0.25, 0.3) is 0 Å². The Morgan fingerprint density at radius 3 is 2.81 bits per heavy atom. The lowest BCUT2D eigenvalue weighted by atomic mass is 10.0. The standard InChI is InChI=1S/C12H16N2O6S/c1-20-12(17)10-5-9(6-13-10)21(18,19)14-4-2-3-8(7-14)11(15)16/h5-6,8,13H,2-4,7H2,1H3,(H,15,16). The van der Waals surface area contributed by atoms with Gasteiger partial charge in [0.15, 0.2) is 0 Å². The number of nitrogens with one attached hydrogen (secondary N) is 1. The molecule has 2 rings (SSSR count). The Morgan fingerprint density at radius 2 is 2.19 bits per heavy atom. The summed E-state index contributed by atoms with van der Waals surface area (Å²) in [5.74, 6) is -2.37. The largest absolute Gasteiger partial charge is 0.481 e. The summed E-state index contributed by atoms with van der Waals surface area (Å²) < 4.78 is 30.5. The van der Waals surface area contributed by atoms with Gasteiger partial charge in [0.25, 0.3) is 0 Å². The molecule has 21 heavy (non-hydrogen) atoms. The smallest absolute Gasteiger partial charge is 0.354 e. The summed E-state index contributed by atoms with van der Waals surface area (Å²) in [4.78, 5) is 24.8. The van der Waals surface area contributed by atoms with E-state index in [9.17, 15) is 18.0 Å². The molecule has 0 spiro atoms. The number of methoxy groups -OCH3 is 1. The topological polar surface area (TPSA) is 117 Å². The molecule has 1 aromatic heterocycles. The fourth-order valence-electron chi connectivity index (χ4n) is 2.26. The minimum atomic E-state index is -3.82. The number of esters is 1. The van der Waals surface area contributed by atoms with E-state index in [0.29, 0.717) is 12.8 Å². The van der Waals surface area contributed by atoms with Crippen LogP contribution in [0.3, 0.4) is 0 Å². The lowest BCUT2D eigenvalue weighted by molar-refractivity contribution is -0.142. The number of carbonyl (C=O) groups is 2. The number of aromatic nitrogens is 1. The number of piperidine rings is 1. The molecule has 0 radical (unpaired) electrons. The number of aliphatic carboxylic acids is 1. The third-order valence-electron chi connectivity index (χ3n) is 3.43. The van der Waals surface area contributed by atoms with Crippen molar-refractivity contribution < 1.29 is 27.9 Å². The number of H-pyrrole nitrogens is 1. The van der Waals surface area contributed by atoms with Crippen molar-refractivity contribution in [3.8, 4) is 0 Å². The number of aromatic amines is 1. The summed E-state index contributed by atoms with van der Waals surface area (Å²) in [6.45, 7) is 0.210. The molecule has 2 heterocycles. The van der Waals surface area contributed by atoms with Crippen molar-refractivity contribution in [1.82, 2.24) is 9.29 Å². The highest BCUT2D eigenvalue weighted by Crippen LogP contribution is 2.24. The molecule has 9 heteroatoms. The van der Waals surface area contributed by atoms with E-state index in [4.69, 9.17) is 5.11 Å². The summed E-state index contributed by atoms with van der Waals surface area (Å²) in [6.07, 6.45) is 2.15. The highest BCUT2D eigenvalue weighted by atomic mass is 32.2. The van der Waals surface area contributed by atoms with Gasteiger partial charge < -0.3 is 14.8 Å². The maximum atomic E-state index is 12.4. The van der Waals surface area contributed by atoms with Gasteiger partial charge in [-0.05, 0) is 18.9 Å². The molecule has 0 aliphatic carbocycles. The zero-order chi connectivity index (χ0) is 15.6. The second-order valence-electron chi connectivity index (χ2n) is 4.78. The Bertz CT molecular complexity index is 650. The Morgan fingerprint density at radius 1 is 1.48 bits per heavy atom. The molecule has 0 saturated carbocycles. The maximum absolute atomic E-state index is 12.4. The van der Waals surface area contributed by atoms with Crippen LogP contribution in [0.15, 0.2) is 17.2 Å². The van der Waals surface area contributed by atoms with Crippen LogP contribution in [0.2, 0.25) is 0 Å². The van der Waals surface area contributed by atoms with Crippen molar-refractivity contribution in [3.05, 3.63) is 18.0 Å². The lowest BCUT2D eigenvalue weighted by Crippen LogP contribution is -2.42. The van der Waals surface area contributed by atoms with E-state index >= 15 is 0 Å². The van der Waals surface area contributed by atoms with Crippen molar-refractivity contribution in [2.24, 2.45) is 5.92 Å². The molecular weight excluding hydrogens is 300 g/mol. The van der Waals surface area contributed by atoms with Crippen LogP contribution >= 0.6 is 0 Å². The summed E-state index contributed by atoms with van der Waals surface area (Å²) >= 11 is 0. The number of sulfonamides is 1. The number of carboxylic acids is 1. The fourth-order valence-corrected chi connectivity index (χ4v) is 3.78. The lowest BCUT2D eigenvalue weighted by Gasteiger charge is -2.29. The Balaban J connectivity index is 2.23. The zero-order valence-electron chi connectivity index (χ0n) is 11.4. The van der Waals surface area contributed by atoms with Crippen LogP contribution in [0.4, 0.5) is 0 Å². The quantitative estimate of drug-likeness (QED) is 0.771. The SMILES string of the molecule is COC(=O)c1cc(S(=O)(=O)N2CCCC(C(=O)O)C2)c[nH]1. The summed E-state index contributed by atoms with van der Waals surface area (Å²) in [6, 6.07) is 1.19. The number of rotatable bonds is 4. The highest BCUT2D eigenvalue weighted by Gasteiger charge is 2.34. The molecular formula is C12H16N2O6S. The van der Waals surface area contributed by atoms with Crippen LogP contribution in [-0.4, -0.2) is 55.0 Å². The van der Waals surface area contributed by atoms with E-state index in [1.165, 1.54) is 19.4 Å². The van der Waals surface area contributed by atoms with Crippen molar-refractivity contribution in [2.75, 3.05) is 20.2 Å². The van der Waals surface area contributed by atoms with Gasteiger partial charge in [-0.15, -0.1) is 0 Å². The molecule has 1 fully saturated rings. The number of carbonyl (C=O) groups excluding carboxylic acids is 1. The zero-order valence-corrected chi connectivity index (χ0v) is 12.2. The van der Waals surface area contributed by atoms with Gasteiger partial charge in [-0.25, -0.2) is 13.2 Å².